The van der Waals surface area contributed by atoms with Crippen molar-refractivity contribution in [3.05, 3.63) is 29.1 Å². The number of aldehydes is 1. The second kappa shape index (κ2) is 4.43. The lowest BCUT2D eigenvalue weighted by Gasteiger charge is -2.12. The maximum Gasteiger partial charge on any atom is 0.153 e. The van der Waals surface area contributed by atoms with E-state index in [1.807, 2.05) is 6.92 Å². The van der Waals surface area contributed by atoms with Crippen LogP contribution >= 0.6 is 0 Å². The predicted molar refractivity (Wildman–Crippen MR) is 47.7 cm³/mol. The van der Waals surface area contributed by atoms with Gasteiger partial charge in [-0.3, -0.25) is 4.79 Å². The molecule has 0 heterocycles. The Balaban J connectivity index is 2.93. The minimum absolute atomic E-state index is 0.363. The average molecular weight is 178 g/mol. The van der Waals surface area contributed by atoms with Crippen molar-refractivity contribution in [2.24, 2.45) is 0 Å². The first-order valence-corrected chi connectivity index (χ1v) is 4.05. The molecule has 0 unspecified atom stereocenters. The fraction of sp³-hybridized carbons (Fsp3) is 0.300. The Hall–Kier alpha value is -1.60. The van der Waals surface area contributed by atoms with Crippen molar-refractivity contribution >= 4 is 12.2 Å². The van der Waals surface area contributed by atoms with Crippen LogP contribution in [0.5, 0.6) is 0 Å². The average Bonchev–Trinajstić information content (AvgIpc) is 2.18. The van der Waals surface area contributed by atoms with Gasteiger partial charge in [-0.2, -0.15) is 0 Å². The van der Waals surface area contributed by atoms with Crippen LogP contribution in [0.4, 0.5) is 0 Å². The summed E-state index contributed by atoms with van der Waals surface area (Å²) in [5, 5.41) is 0. The Labute approximate surface area is 76.4 Å². The standard InChI is InChI=1S/C10H10O3/c1-2-13-10-5-8(6-11)3-4-9(10)7-12/h3-4,7H,2,5H2,1H3. The van der Waals surface area contributed by atoms with Crippen LogP contribution in [0, 0.1) is 0 Å². The number of carbonyl (C=O) groups is 1. The van der Waals surface area contributed by atoms with Crippen molar-refractivity contribution in [1.82, 2.24) is 0 Å². The molecule has 13 heavy (non-hydrogen) atoms. The van der Waals surface area contributed by atoms with Crippen LogP contribution < -0.4 is 0 Å². The van der Waals surface area contributed by atoms with Gasteiger partial charge in [-0.05, 0) is 19.1 Å². The van der Waals surface area contributed by atoms with E-state index in [-0.39, 0.29) is 0 Å². The molecule has 0 aliphatic heterocycles. The third-order valence-electron chi connectivity index (χ3n) is 1.71. The Kier molecular flexibility index (Phi) is 3.23. The fourth-order valence-electron chi connectivity index (χ4n) is 1.10. The van der Waals surface area contributed by atoms with E-state index in [1.54, 1.807) is 18.1 Å². The van der Waals surface area contributed by atoms with Gasteiger partial charge < -0.3 is 4.74 Å². The molecule has 0 saturated carbocycles. The smallest absolute Gasteiger partial charge is 0.153 e. The summed E-state index contributed by atoms with van der Waals surface area (Å²) in [7, 11) is 0. The van der Waals surface area contributed by atoms with Crippen LogP contribution in [0.3, 0.4) is 0 Å². The highest BCUT2D eigenvalue weighted by molar-refractivity contribution is 5.80. The second-order valence-electron chi connectivity index (χ2n) is 2.57. The molecule has 1 aliphatic carbocycles. The number of hydrogen-bond donors (Lipinski definition) is 0. The molecule has 0 aromatic rings. The van der Waals surface area contributed by atoms with Gasteiger partial charge in [0.05, 0.1) is 12.2 Å². The van der Waals surface area contributed by atoms with Gasteiger partial charge in [0.2, 0.25) is 0 Å². The summed E-state index contributed by atoms with van der Waals surface area (Å²) in [5.74, 6) is 2.34. The van der Waals surface area contributed by atoms with E-state index < -0.39 is 0 Å². The first kappa shape index (κ1) is 9.49. The SMILES string of the molecule is CCOC1=C(C=O)C=CC(=C=O)C1. The molecular weight excluding hydrogens is 168 g/mol. The van der Waals surface area contributed by atoms with E-state index in [2.05, 4.69) is 0 Å². The molecule has 1 rings (SSSR count). The van der Waals surface area contributed by atoms with Crippen molar-refractivity contribution in [2.75, 3.05) is 6.61 Å². The van der Waals surface area contributed by atoms with Gasteiger partial charge in [-0.15, -0.1) is 0 Å². The van der Waals surface area contributed by atoms with Crippen LogP contribution in [0.1, 0.15) is 13.3 Å². The Morgan fingerprint density at radius 3 is 2.92 bits per heavy atom. The van der Waals surface area contributed by atoms with Gasteiger partial charge in [0.1, 0.15) is 11.7 Å². The molecule has 1 aliphatic rings. The van der Waals surface area contributed by atoms with Crippen LogP contribution in [0.25, 0.3) is 0 Å². The quantitative estimate of drug-likeness (QED) is 0.481. The van der Waals surface area contributed by atoms with Crippen LogP contribution in [-0.4, -0.2) is 18.8 Å². The van der Waals surface area contributed by atoms with Crippen molar-refractivity contribution in [1.29, 1.82) is 0 Å². The molecule has 0 spiro atoms. The number of allylic oxidation sites excluding steroid dienone is 4. The third kappa shape index (κ3) is 2.17. The number of ether oxygens (including phenoxy) is 1. The summed E-state index contributed by atoms with van der Waals surface area (Å²) >= 11 is 0. The number of carbonyl (C=O) groups excluding carboxylic acids is 2. The molecule has 0 saturated heterocycles. The van der Waals surface area contributed by atoms with Gasteiger partial charge in [0, 0.05) is 12.0 Å². The summed E-state index contributed by atoms with van der Waals surface area (Å²) < 4.78 is 5.22. The molecular formula is C10H10O3. The maximum atomic E-state index is 10.5. The zero-order chi connectivity index (χ0) is 9.68. The molecule has 0 aromatic heterocycles. The van der Waals surface area contributed by atoms with Crippen molar-refractivity contribution in [2.45, 2.75) is 13.3 Å². The molecule has 0 N–H and O–H groups in total. The second-order valence-corrected chi connectivity index (χ2v) is 2.57. The van der Waals surface area contributed by atoms with Gasteiger partial charge in [0.25, 0.3) is 0 Å². The summed E-state index contributed by atoms with van der Waals surface area (Å²) in [6, 6.07) is 0. The van der Waals surface area contributed by atoms with Gasteiger partial charge >= 0.3 is 0 Å². The van der Waals surface area contributed by atoms with Crippen LogP contribution in [0.2, 0.25) is 0 Å². The maximum absolute atomic E-state index is 10.5. The van der Waals surface area contributed by atoms with Crippen LogP contribution in [-0.2, 0) is 14.3 Å². The molecule has 0 atom stereocenters. The van der Waals surface area contributed by atoms with Crippen molar-refractivity contribution in [3.63, 3.8) is 0 Å². The highest BCUT2D eigenvalue weighted by Gasteiger charge is 2.12. The van der Waals surface area contributed by atoms with Crippen molar-refractivity contribution < 1.29 is 14.3 Å². The van der Waals surface area contributed by atoms with E-state index in [0.29, 0.717) is 29.9 Å². The minimum Gasteiger partial charge on any atom is -0.497 e. The van der Waals surface area contributed by atoms with E-state index in [9.17, 15) is 9.59 Å². The fourth-order valence-corrected chi connectivity index (χ4v) is 1.10. The van der Waals surface area contributed by atoms with Gasteiger partial charge in [-0.25, -0.2) is 4.79 Å². The lowest BCUT2D eigenvalue weighted by Crippen LogP contribution is -2.02. The van der Waals surface area contributed by atoms with Gasteiger partial charge in [0.15, 0.2) is 6.29 Å². The molecule has 0 radical (unpaired) electrons. The monoisotopic (exact) mass is 178 g/mol. The third-order valence-corrected chi connectivity index (χ3v) is 1.71. The molecule has 0 fully saturated rings. The lowest BCUT2D eigenvalue weighted by molar-refractivity contribution is -0.104. The van der Waals surface area contributed by atoms with Crippen LogP contribution in [0.15, 0.2) is 29.1 Å². The summed E-state index contributed by atoms with van der Waals surface area (Å²) in [6.45, 7) is 2.32. The number of rotatable bonds is 3. The molecule has 3 nitrogen and oxygen atoms in total. The molecule has 68 valence electrons. The zero-order valence-corrected chi connectivity index (χ0v) is 7.37. The van der Waals surface area contributed by atoms with Gasteiger partial charge in [-0.1, -0.05) is 0 Å². The van der Waals surface area contributed by atoms with E-state index in [0.717, 1.165) is 6.29 Å². The summed E-state index contributed by atoms with van der Waals surface area (Å²) in [6.07, 6.45) is 4.24. The van der Waals surface area contributed by atoms with E-state index in [4.69, 9.17) is 4.74 Å². The minimum atomic E-state index is 0.363. The summed E-state index contributed by atoms with van der Waals surface area (Å²) in [5.41, 5.74) is 1.01. The topological polar surface area (TPSA) is 43.4 Å². The van der Waals surface area contributed by atoms with E-state index >= 15 is 0 Å². The lowest BCUT2D eigenvalue weighted by atomic mass is 10.0. The number of hydrogen-bond acceptors (Lipinski definition) is 3. The normalized spacial score (nSPS) is 15.6. The largest absolute Gasteiger partial charge is 0.497 e. The highest BCUT2D eigenvalue weighted by Crippen LogP contribution is 2.21. The Morgan fingerprint density at radius 2 is 2.38 bits per heavy atom. The molecule has 0 bridgehead atoms. The first-order chi connectivity index (χ1) is 6.31. The highest BCUT2D eigenvalue weighted by atomic mass is 16.5. The summed E-state index contributed by atoms with van der Waals surface area (Å²) in [4.78, 5) is 20.9. The Bertz CT molecular complexity index is 317. The Morgan fingerprint density at radius 1 is 1.62 bits per heavy atom. The van der Waals surface area contributed by atoms with E-state index in [1.165, 1.54) is 0 Å². The van der Waals surface area contributed by atoms with Crippen molar-refractivity contribution in [3.8, 4) is 0 Å². The predicted octanol–water partition coefficient (Wildman–Crippen LogP) is 1.19. The zero-order valence-electron chi connectivity index (χ0n) is 7.37. The molecule has 0 amide bonds. The molecule has 3 heteroatoms. The molecule has 0 aromatic carbocycles. The first-order valence-electron chi connectivity index (χ1n) is 4.05.